The largest absolute Gasteiger partial charge is 0.418 e. The average molecular weight is 272 g/mol. The van der Waals surface area contributed by atoms with E-state index in [1.165, 1.54) is 12.5 Å². The molecule has 106 valence electrons. The summed E-state index contributed by atoms with van der Waals surface area (Å²) in [4.78, 5) is 0. The maximum absolute atomic E-state index is 12.7. The quantitative estimate of drug-likeness (QED) is 0.803. The molecule has 1 aromatic carbocycles. The molecule has 0 radical (unpaired) electrons. The zero-order valence-corrected chi connectivity index (χ0v) is 11.0. The number of hydrogen-bond donors (Lipinski definition) is 2. The molecule has 0 unspecified atom stereocenters. The highest BCUT2D eigenvalue weighted by Gasteiger charge is 2.35. The van der Waals surface area contributed by atoms with E-state index in [4.69, 9.17) is 5.73 Å². The van der Waals surface area contributed by atoms with Crippen LogP contribution in [0.5, 0.6) is 0 Å². The molecule has 0 spiro atoms. The van der Waals surface area contributed by atoms with Gasteiger partial charge in [0.05, 0.1) is 5.56 Å². The summed E-state index contributed by atoms with van der Waals surface area (Å²) < 4.78 is 38.2. The smallest absolute Gasteiger partial charge is 0.398 e. The van der Waals surface area contributed by atoms with Gasteiger partial charge in [0.15, 0.2) is 0 Å². The topological polar surface area (TPSA) is 38.0 Å². The van der Waals surface area contributed by atoms with E-state index in [2.05, 4.69) is 12.2 Å². The fourth-order valence-electron chi connectivity index (χ4n) is 2.53. The van der Waals surface area contributed by atoms with E-state index in [0.717, 1.165) is 31.9 Å². The van der Waals surface area contributed by atoms with Crippen LogP contribution < -0.4 is 11.1 Å². The van der Waals surface area contributed by atoms with Crippen molar-refractivity contribution >= 4 is 11.4 Å². The van der Waals surface area contributed by atoms with Gasteiger partial charge in [0.25, 0.3) is 0 Å². The molecule has 1 fully saturated rings. The molecule has 0 aromatic heterocycles. The van der Waals surface area contributed by atoms with Crippen LogP contribution >= 0.6 is 0 Å². The predicted molar refractivity (Wildman–Crippen MR) is 70.9 cm³/mol. The third-order valence-electron chi connectivity index (χ3n) is 4.19. The molecule has 0 aliphatic heterocycles. The Balaban J connectivity index is 2.09. The Hall–Kier alpha value is -1.39. The van der Waals surface area contributed by atoms with E-state index >= 15 is 0 Å². The third kappa shape index (κ3) is 2.96. The molecule has 0 heterocycles. The maximum Gasteiger partial charge on any atom is 0.418 e. The molecule has 19 heavy (non-hydrogen) atoms. The molecule has 5 heteroatoms. The summed E-state index contributed by atoms with van der Waals surface area (Å²) in [5.41, 5.74) is 5.13. The number of halogens is 3. The van der Waals surface area contributed by atoms with E-state index in [1.807, 2.05) is 0 Å². The monoisotopic (exact) mass is 272 g/mol. The minimum Gasteiger partial charge on any atom is -0.398 e. The van der Waals surface area contributed by atoms with Crippen molar-refractivity contribution in [1.82, 2.24) is 0 Å². The zero-order chi connectivity index (χ0) is 14.1. The Morgan fingerprint density at radius 1 is 1.32 bits per heavy atom. The molecule has 0 saturated heterocycles. The predicted octanol–water partition coefficient (Wildman–Crippen LogP) is 4.28. The van der Waals surface area contributed by atoms with Crippen LogP contribution in [-0.2, 0) is 6.18 Å². The van der Waals surface area contributed by atoms with Crippen LogP contribution in [0.2, 0.25) is 0 Å². The van der Waals surface area contributed by atoms with Crippen LogP contribution in [0, 0.1) is 5.41 Å². The van der Waals surface area contributed by atoms with Crippen LogP contribution in [0.1, 0.15) is 38.2 Å². The summed E-state index contributed by atoms with van der Waals surface area (Å²) in [6, 6.07) is 4.01. The highest BCUT2D eigenvalue weighted by molar-refractivity contribution is 5.58. The van der Waals surface area contributed by atoms with Crippen molar-refractivity contribution in [2.75, 3.05) is 17.6 Å². The average Bonchev–Trinajstić information content (AvgIpc) is 2.28. The molecule has 2 nitrogen and oxygen atoms in total. The second kappa shape index (κ2) is 4.94. The van der Waals surface area contributed by atoms with Crippen molar-refractivity contribution in [2.24, 2.45) is 5.41 Å². The number of hydrogen-bond acceptors (Lipinski definition) is 2. The van der Waals surface area contributed by atoms with Crippen LogP contribution in [0.3, 0.4) is 0 Å². The van der Waals surface area contributed by atoms with Gasteiger partial charge >= 0.3 is 6.18 Å². The molecular formula is C14H19F3N2. The minimum absolute atomic E-state index is 0.230. The first kappa shape index (κ1) is 14.0. The lowest BCUT2D eigenvalue weighted by Gasteiger charge is -2.41. The Labute approximate surface area is 111 Å². The molecule has 1 aromatic rings. The van der Waals surface area contributed by atoms with Crippen molar-refractivity contribution in [3.63, 3.8) is 0 Å². The van der Waals surface area contributed by atoms with Crippen molar-refractivity contribution in [1.29, 1.82) is 0 Å². The van der Waals surface area contributed by atoms with Gasteiger partial charge in [-0.05, 0) is 42.9 Å². The first-order valence-electron chi connectivity index (χ1n) is 6.57. The van der Waals surface area contributed by atoms with Gasteiger partial charge in [-0.1, -0.05) is 13.3 Å². The lowest BCUT2D eigenvalue weighted by Crippen LogP contribution is -2.35. The van der Waals surface area contributed by atoms with Crippen LogP contribution in [0.15, 0.2) is 18.2 Å². The fourth-order valence-corrected chi connectivity index (χ4v) is 2.53. The van der Waals surface area contributed by atoms with Gasteiger partial charge in [-0.15, -0.1) is 0 Å². The third-order valence-corrected chi connectivity index (χ3v) is 4.19. The molecule has 3 N–H and O–H groups in total. The van der Waals surface area contributed by atoms with Crippen molar-refractivity contribution in [3.8, 4) is 0 Å². The van der Waals surface area contributed by atoms with Gasteiger partial charge in [0.2, 0.25) is 0 Å². The van der Waals surface area contributed by atoms with E-state index in [-0.39, 0.29) is 11.1 Å². The van der Waals surface area contributed by atoms with E-state index in [1.54, 1.807) is 6.07 Å². The van der Waals surface area contributed by atoms with E-state index < -0.39 is 11.7 Å². The Morgan fingerprint density at radius 2 is 2.00 bits per heavy atom. The van der Waals surface area contributed by atoms with Gasteiger partial charge in [-0.25, -0.2) is 0 Å². The van der Waals surface area contributed by atoms with Crippen LogP contribution in [-0.4, -0.2) is 6.54 Å². The summed E-state index contributed by atoms with van der Waals surface area (Å²) in [7, 11) is 0. The molecule has 2 rings (SSSR count). The summed E-state index contributed by atoms with van der Waals surface area (Å²) in [5, 5.41) is 3.12. The Bertz CT molecular complexity index is 445. The summed E-state index contributed by atoms with van der Waals surface area (Å²) in [6.07, 6.45) is 0.169. The van der Waals surface area contributed by atoms with E-state index in [9.17, 15) is 13.2 Å². The fraction of sp³-hybridized carbons (Fsp3) is 0.571. The number of alkyl halides is 3. The van der Waals surface area contributed by atoms with Gasteiger partial charge < -0.3 is 11.1 Å². The Morgan fingerprint density at radius 3 is 2.47 bits per heavy atom. The number of rotatable bonds is 4. The highest BCUT2D eigenvalue weighted by Crippen LogP contribution is 2.44. The SMILES string of the molecule is CCC1(CNc2ccc(N)c(C(F)(F)F)c2)CCC1. The number of benzene rings is 1. The zero-order valence-electron chi connectivity index (χ0n) is 11.0. The number of nitrogen functional groups attached to an aromatic ring is 1. The van der Waals surface area contributed by atoms with E-state index in [0.29, 0.717) is 5.69 Å². The summed E-state index contributed by atoms with van der Waals surface area (Å²) in [6.45, 7) is 2.86. The lowest BCUT2D eigenvalue weighted by molar-refractivity contribution is -0.136. The molecule has 0 amide bonds. The second-order valence-electron chi connectivity index (χ2n) is 5.36. The number of anilines is 2. The molecule has 0 bridgehead atoms. The molecule has 1 aliphatic rings. The lowest BCUT2D eigenvalue weighted by atomic mass is 9.67. The normalized spacial score (nSPS) is 17.9. The summed E-state index contributed by atoms with van der Waals surface area (Å²) in [5.74, 6) is 0. The minimum atomic E-state index is -4.40. The number of nitrogens with one attached hydrogen (secondary N) is 1. The molecule has 0 atom stereocenters. The standard InChI is InChI=1S/C14H19F3N2/c1-2-13(6-3-7-13)9-19-10-4-5-12(18)11(8-10)14(15,16)17/h4-5,8,19H,2-3,6-7,9,18H2,1H3. The van der Waals surface area contributed by atoms with Crippen molar-refractivity contribution < 1.29 is 13.2 Å². The highest BCUT2D eigenvalue weighted by atomic mass is 19.4. The number of nitrogens with two attached hydrogens (primary N) is 1. The van der Waals surface area contributed by atoms with Crippen molar-refractivity contribution in [2.45, 2.75) is 38.8 Å². The summed E-state index contributed by atoms with van der Waals surface area (Å²) >= 11 is 0. The van der Waals surface area contributed by atoms with Crippen molar-refractivity contribution in [3.05, 3.63) is 23.8 Å². The van der Waals surface area contributed by atoms with Crippen LogP contribution in [0.25, 0.3) is 0 Å². The van der Waals surface area contributed by atoms with Gasteiger partial charge in [0, 0.05) is 17.9 Å². The van der Waals surface area contributed by atoms with Gasteiger partial charge in [-0.3, -0.25) is 0 Å². The maximum atomic E-state index is 12.7. The second-order valence-corrected chi connectivity index (χ2v) is 5.36. The first-order chi connectivity index (χ1) is 8.86. The van der Waals surface area contributed by atoms with Gasteiger partial charge in [0.1, 0.15) is 0 Å². The Kier molecular flexibility index (Phi) is 3.65. The van der Waals surface area contributed by atoms with Crippen LogP contribution in [0.4, 0.5) is 24.5 Å². The van der Waals surface area contributed by atoms with Gasteiger partial charge in [-0.2, -0.15) is 13.2 Å². The molecule has 1 aliphatic carbocycles. The molecular weight excluding hydrogens is 253 g/mol. The first-order valence-corrected chi connectivity index (χ1v) is 6.57. The molecule has 1 saturated carbocycles.